The number of aromatic nitrogens is 1. The highest BCUT2D eigenvalue weighted by atomic mass is 16.5. The number of methoxy groups -OCH3 is 1. The Morgan fingerprint density at radius 2 is 2.13 bits per heavy atom. The van der Waals surface area contributed by atoms with Crippen LogP contribution in [0.5, 0.6) is 5.75 Å². The van der Waals surface area contributed by atoms with Crippen molar-refractivity contribution >= 4 is 23.2 Å². The molecule has 0 bridgehead atoms. The third-order valence-electron chi connectivity index (χ3n) is 3.80. The maximum absolute atomic E-state index is 12.3. The lowest BCUT2D eigenvalue weighted by atomic mass is 10.1. The number of amides is 2. The molecule has 2 aromatic rings. The van der Waals surface area contributed by atoms with Crippen molar-refractivity contribution in [3.8, 4) is 5.75 Å². The van der Waals surface area contributed by atoms with Crippen molar-refractivity contribution in [3.05, 3.63) is 48.8 Å². The molecule has 1 aliphatic rings. The number of anilines is 2. The number of ether oxygens (including phenoxy) is 1. The molecule has 0 aliphatic carbocycles. The molecule has 1 aliphatic heterocycles. The van der Waals surface area contributed by atoms with Gasteiger partial charge < -0.3 is 15.0 Å². The van der Waals surface area contributed by atoms with E-state index >= 15 is 0 Å². The molecular weight excluding hydrogens is 294 g/mol. The first kappa shape index (κ1) is 15.0. The van der Waals surface area contributed by atoms with Crippen molar-refractivity contribution in [1.82, 2.24) is 4.98 Å². The number of carbonyl (C=O) groups excluding carboxylic acids is 2. The fourth-order valence-electron chi connectivity index (χ4n) is 2.65. The molecule has 3 rings (SSSR count). The van der Waals surface area contributed by atoms with Crippen LogP contribution in [0.2, 0.25) is 0 Å². The van der Waals surface area contributed by atoms with Gasteiger partial charge in [0.1, 0.15) is 5.75 Å². The van der Waals surface area contributed by atoms with Crippen molar-refractivity contribution in [1.29, 1.82) is 0 Å². The monoisotopic (exact) mass is 311 g/mol. The van der Waals surface area contributed by atoms with Crippen LogP contribution in [0.1, 0.15) is 6.42 Å². The van der Waals surface area contributed by atoms with Crippen molar-refractivity contribution in [2.45, 2.75) is 6.42 Å². The Morgan fingerprint density at radius 3 is 2.87 bits per heavy atom. The Kier molecular flexibility index (Phi) is 4.23. The van der Waals surface area contributed by atoms with E-state index in [-0.39, 0.29) is 18.2 Å². The van der Waals surface area contributed by atoms with Crippen LogP contribution < -0.4 is 15.0 Å². The number of nitrogens with one attached hydrogen (secondary N) is 1. The predicted molar refractivity (Wildman–Crippen MR) is 86.3 cm³/mol. The van der Waals surface area contributed by atoms with Gasteiger partial charge in [0.25, 0.3) is 0 Å². The summed E-state index contributed by atoms with van der Waals surface area (Å²) in [6, 6.07) is 10.8. The smallest absolute Gasteiger partial charge is 0.229 e. The minimum absolute atomic E-state index is 0.0826. The maximum atomic E-state index is 12.3. The third kappa shape index (κ3) is 3.15. The first-order valence-corrected chi connectivity index (χ1v) is 7.33. The Balaban J connectivity index is 1.73. The molecule has 1 N–H and O–H groups in total. The van der Waals surface area contributed by atoms with Crippen LogP contribution in [0.25, 0.3) is 0 Å². The first-order valence-electron chi connectivity index (χ1n) is 7.33. The van der Waals surface area contributed by atoms with Crippen molar-refractivity contribution in [2.24, 2.45) is 5.92 Å². The summed E-state index contributed by atoms with van der Waals surface area (Å²) in [5, 5.41) is 2.79. The van der Waals surface area contributed by atoms with Crippen LogP contribution in [0.3, 0.4) is 0 Å². The van der Waals surface area contributed by atoms with E-state index in [2.05, 4.69) is 10.3 Å². The number of para-hydroxylation sites is 2. The Labute approximate surface area is 134 Å². The quantitative estimate of drug-likeness (QED) is 0.938. The van der Waals surface area contributed by atoms with Gasteiger partial charge in [0.15, 0.2) is 0 Å². The predicted octanol–water partition coefficient (Wildman–Crippen LogP) is 2.08. The number of benzene rings is 1. The average Bonchev–Trinajstić information content (AvgIpc) is 2.97. The molecule has 6 heteroatoms. The lowest BCUT2D eigenvalue weighted by molar-refractivity contribution is -0.122. The lowest BCUT2D eigenvalue weighted by Crippen LogP contribution is -2.28. The summed E-state index contributed by atoms with van der Waals surface area (Å²) in [6.07, 6.45) is 3.40. The Morgan fingerprint density at radius 1 is 1.30 bits per heavy atom. The highest BCUT2D eigenvalue weighted by molar-refractivity contribution is 6.04. The van der Waals surface area contributed by atoms with Crippen LogP contribution in [0.4, 0.5) is 11.4 Å². The van der Waals surface area contributed by atoms with Gasteiger partial charge in [-0.1, -0.05) is 12.1 Å². The van der Waals surface area contributed by atoms with Gasteiger partial charge in [-0.05, 0) is 24.3 Å². The first-order chi connectivity index (χ1) is 11.2. The van der Waals surface area contributed by atoms with E-state index < -0.39 is 5.92 Å². The second kappa shape index (κ2) is 6.48. The van der Waals surface area contributed by atoms with E-state index in [0.717, 1.165) is 0 Å². The molecular formula is C17H17N3O3. The zero-order chi connectivity index (χ0) is 16.2. The van der Waals surface area contributed by atoms with E-state index in [4.69, 9.17) is 4.74 Å². The third-order valence-corrected chi connectivity index (χ3v) is 3.80. The van der Waals surface area contributed by atoms with Crippen LogP contribution in [0, 0.1) is 5.92 Å². The summed E-state index contributed by atoms with van der Waals surface area (Å²) in [4.78, 5) is 30.2. The molecule has 1 aromatic heterocycles. The standard InChI is InChI=1S/C17H17N3O3/c1-23-15-7-3-2-6-14(15)20-11-12(9-16(20)21)17(22)19-13-5-4-8-18-10-13/h2-8,10,12H,9,11H2,1H3,(H,19,22)/t12-/m0/s1. The molecule has 2 amide bonds. The second-order valence-electron chi connectivity index (χ2n) is 5.31. The molecule has 1 fully saturated rings. The number of pyridine rings is 1. The van der Waals surface area contributed by atoms with Gasteiger partial charge in [0, 0.05) is 19.2 Å². The zero-order valence-electron chi connectivity index (χ0n) is 12.7. The molecule has 2 heterocycles. The van der Waals surface area contributed by atoms with Crippen LogP contribution >= 0.6 is 0 Å². The Bertz CT molecular complexity index is 718. The second-order valence-corrected chi connectivity index (χ2v) is 5.31. The summed E-state index contributed by atoms with van der Waals surface area (Å²) in [5.41, 5.74) is 1.32. The van der Waals surface area contributed by atoms with Gasteiger partial charge in [-0.2, -0.15) is 0 Å². The van der Waals surface area contributed by atoms with Crippen LogP contribution in [-0.4, -0.2) is 30.5 Å². The van der Waals surface area contributed by atoms with E-state index in [0.29, 0.717) is 23.7 Å². The number of hydrogen-bond donors (Lipinski definition) is 1. The van der Waals surface area contributed by atoms with Crippen LogP contribution in [-0.2, 0) is 9.59 Å². The summed E-state index contributed by atoms with van der Waals surface area (Å²) >= 11 is 0. The zero-order valence-corrected chi connectivity index (χ0v) is 12.7. The van der Waals surface area contributed by atoms with Gasteiger partial charge in [-0.25, -0.2) is 0 Å². The van der Waals surface area contributed by atoms with E-state index in [1.54, 1.807) is 42.6 Å². The van der Waals surface area contributed by atoms with Gasteiger partial charge in [-0.3, -0.25) is 14.6 Å². The molecule has 118 valence electrons. The van der Waals surface area contributed by atoms with E-state index in [9.17, 15) is 9.59 Å². The van der Waals surface area contributed by atoms with Crippen molar-refractivity contribution in [3.63, 3.8) is 0 Å². The number of nitrogens with zero attached hydrogens (tertiary/aromatic N) is 2. The SMILES string of the molecule is COc1ccccc1N1C[C@@H](C(=O)Nc2cccnc2)CC1=O. The molecule has 1 saturated heterocycles. The normalized spacial score (nSPS) is 17.2. The fourth-order valence-corrected chi connectivity index (χ4v) is 2.65. The molecule has 0 unspecified atom stereocenters. The minimum Gasteiger partial charge on any atom is -0.495 e. The van der Waals surface area contributed by atoms with Gasteiger partial charge in [0.2, 0.25) is 11.8 Å². The highest BCUT2D eigenvalue weighted by Crippen LogP contribution is 2.33. The molecule has 0 radical (unpaired) electrons. The summed E-state index contributed by atoms with van der Waals surface area (Å²) in [6.45, 7) is 0.339. The fraction of sp³-hybridized carbons (Fsp3) is 0.235. The molecule has 23 heavy (non-hydrogen) atoms. The van der Waals surface area contributed by atoms with Crippen LogP contribution in [0.15, 0.2) is 48.8 Å². The van der Waals surface area contributed by atoms with Crippen molar-refractivity contribution in [2.75, 3.05) is 23.9 Å². The summed E-state index contributed by atoms with van der Waals surface area (Å²) < 4.78 is 5.29. The minimum atomic E-state index is -0.396. The number of hydrogen-bond acceptors (Lipinski definition) is 4. The van der Waals surface area contributed by atoms with E-state index in [1.165, 1.54) is 0 Å². The van der Waals surface area contributed by atoms with Crippen molar-refractivity contribution < 1.29 is 14.3 Å². The maximum Gasteiger partial charge on any atom is 0.229 e. The van der Waals surface area contributed by atoms with Gasteiger partial charge >= 0.3 is 0 Å². The number of carbonyl (C=O) groups is 2. The summed E-state index contributed by atoms with van der Waals surface area (Å²) in [7, 11) is 1.56. The van der Waals surface area contributed by atoms with Gasteiger partial charge in [-0.15, -0.1) is 0 Å². The molecule has 1 atom stereocenters. The Hall–Kier alpha value is -2.89. The topological polar surface area (TPSA) is 71.5 Å². The molecule has 1 aromatic carbocycles. The number of rotatable bonds is 4. The largest absolute Gasteiger partial charge is 0.495 e. The van der Waals surface area contributed by atoms with E-state index in [1.807, 2.05) is 18.2 Å². The molecule has 0 spiro atoms. The van der Waals surface area contributed by atoms with Gasteiger partial charge in [0.05, 0.1) is 30.6 Å². The highest BCUT2D eigenvalue weighted by Gasteiger charge is 2.36. The lowest BCUT2D eigenvalue weighted by Gasteiger charge is -2.19. The average molecular weight is 311 g/mol. The summed E-state index contributed by atoms with van der Waals surface area (Å²) in [5.74, 6) is -0.0358. The molecule has 6 nitrogen and oxygen atoms in total. The molecule has 0 saturated carbocycles.